The van der Waals surface area contributed by atoms with Crippen molar-refractivity contribution in [1.29, 1.82) is 0 Å². The first-order valence-corrected chi connectivity index (χ1v) is 11.4. The quantitative estimate of drug-likeness (QED) is 0.395. The highest BCUT2D eigenvalue weighted by atomic mass is 19.1. The average molecular weight is 508 g/mol. The Hall–Kier alpha value is -3.60. The molecule has 0 saturated carbocycles. The molecule has 3 aromatic rings. The molecule has 8 nitrogen and oxygen atoms in total. The third-order valence-electron chi connectivity index (χ3n) is 6.50. The standard InChI is InChI=1S/C28H25FO8/c1-36-26-28(35,25(33)19-15-9-4-10-16-19)27(34,24(32)18-13-7-3-8-14-18)23(29)22(37-26)21(31)20(30)17-11-5-2-6-12-17/h2-16,20,22-23,26,30,34-35H,1H3/t20?,22-,23-,26+,27-,28+/m1/s1. The van der Waals surface area contributed by atoms with Gasteiger partial charge in [-0.2, -0.15) is 0 Å². The molecule has 37 heavy (non-hydrogen) atoms. The van der Waals surface area contributed by atoms with E-state index >= 15 is 4.39 Å². The lowest BCUT2D eigenvalue weighted by Gasteiger charge is -2.51. The molecule has 1 fully saturated rings. The van der Waals surface area contributed by atoms with E-state index in [4.69, 9.17) is 9.47 Å². The summed E-state index contributed by atoms with van der Waals surface area (Å²) in [6.45, 7) is 0. The molecule has 1 heterocycles. The highest BCUT2D eigenvalue weighted by molar-refractivity contribution is 6.13. The molecule has 6 atom stereocenters. The van der Waals surface area contributed by atoms with Crippen LogP contribution in [-0.4, -0.2) is 69.5 Å². The summed E-state index contributed by atoms with van der Waals surface area (Å²) in [5, 5.41) is 34.2. The van der Waals surface area contributed by atoms with E-state index in [1.165, 1.54) is 60.7 Å². The van der Waals surface area contributed by atoms with E-state index in [-0.39, 0.29) is 16.7 Å². The van der Waals surface area contributed by atoms with E-state index in [1.54, 1.807) is 30.3 Å². The average Bonchev–Trinajstić information content (AvgIpc) is 2.95. The van der Waals surface area contributed by atoms with E-state index in [0.29, 0.717) is 0 Å². The number of alkyl halides is 1. The lowest BCUT2D eigenvalue weighted by molar-refractivity contribution is -0.317. The summed E-state index contributed by atoms with van der Waals surface area (Å²) >= 11 is 0. The summed E-state index contributed by atoms with van der Waals surface area (Å²) in [5.74, 6) is -3.87. The number of hydrogen-bond acceptors (Lipinski definition) is 8. The zero-order chi connectivity index (χ0) is 26.8. The number of halogens is 1. The molecule has 1 aliphatic heterocycles. The molecular formula is C28H25FO8. The molecule has 0 spiro atoms. The fourth-order valence-corrected chi connectivity index (χ4v) is 4.50. The van der Waals surface area contributed by atoms with Crippen molar-refractivity contribution in [2.75, 3.05) is 7.11 Å². The highest BCUT2D eigenvalue weighted by Gasteiger charge is 2.74. The van der Waals surface area contributed by atoms with Crippen LogP contribution in [0, 0.1) is 0 Å². The molecule has 3 aromatic carbocycles. The van der Waals surface area contributed by atoms with Crippen molar-refractivity contribution in [2.24, 2.45) is 0 Å². The van der Waals surface area contributed by atoms with Gasteiger partial charge in [-0.1, -0.05) is 91.0 Å². The lowest BCUT2D eigenvalue weighted by atomic mass is 9.66. The molecule has 1 unspecified atom stereocenters. The molecule has 192 valence electrons. The number of rotatable bonds is 8. The van der Waals surface area contributed by atoms with Crippen LogP contribution < -0.4 is 0 Å². The predicted molar refractivity (Wildman–Crippen MR) is 128 cm³/mol. The van der Waals surface area contributed by atoms with Crippen molar-refractivity contribution in [2.45, 2.75) is 35.9 Å². The molecule has 4 rings (SSSR count). The molecule has 0 aromatic heterocycles. The molecule has 1 aliphatic rings. The summed E-state index contributed by atoms with van der Waals surface area (Å²) in [5.41, 5.74) is -7.16. The highest BCUT2D eigenvalue weighted by Crippen LogP contribution is 2.45. The van der Waals surface area contributed by atoms with Gasteiger partial charge in [-0.3, -0.25) is 14.4 Å². The number of ether oxygens (including phenoxy) is 2. The first-order valence-electron chi connectivity index (χ1n) is 11.4. The third kappa shape index (κ3) is 4.30. The summed E-state index contributed by atoms with van der Waals surface area (Å²) < 4.78 is 26.9. The van der Waals surface area contributed by atoms with Crippen LogP contribution >= 0.6 is 0 Å². The SMILES string of the molecule is CO[C@H]1O[C@H](C(=O)C(O)c2ccccc2)[C@@H](F)[C@@](O)(C(=O)c2ccccc2)[C@]1(O)C(=O)c1ccccc1. The van der Waals surface area contributed by atoms with Gasteiger partial charge >= 0.3 is 0 Å². The van der Waals surface area contributed by atoms with Gasteiger partial charge in [0.2, 0.25) is 22.8 Å². The van der Waals surface area contributed by atoms with Gasteiger partial charge in [0.25, 0.3) is 0 Å². The number of methoxy groups -OCH3 is 1. The van der Waals surface area contributed by atoms with Gasteiger partial charge in [-0.25, -0.2) is 4.39 Å². The minimum Gasteiger partial charge on any atom is -0.380 e. The summed E-state index contributed by atoms with van der Waals surface area (Å²) in [6.07, 6.45) is -9.31. The third-order valence-corrected chi connectivity index (χ3v) is 6.50. The van der Waals surface area contributed by atoms with Crippen LogP contribution in [0.2, 0.25) is 0 Å². The zero-order valence-electron chi connectivity index (χ0n) is 19.7. The maximum Gasteiger partial charge on any atom is 0.218 e. The summed E-state index contributed by atoms with van der Waals surface area (Å²) in [4.78, 5) is 40.5. The van der Waals surface area contributed by atoms with Crippen LogP contribution in [0.5, 0.6) is 0 Å². The molecule has 3 N–H and O–H groups in total. The fraction of sp³-hybridized carbons (Fsp3) is 0.250. The fourth-order valence-electron chi connectivity index (χ4n) is 4.50. The Morgan fingerprint density at radius 2 is 1.24 bits per heavy atom. The number of aliphatic hydroxyl groups excluding tert-OH is 1. The Bertz CT molecular complexity index is 1270. The molecular weight excluding hydrogens is 483 g/mol. The Kier molecular flexibility index (Phi) is 7.44. The van der Waals surface area contributed by atoms with Crippen molar-refractivity contribution < 1.29 is 43.6 Å². The second-order valence-electron chi connectivity index (χ2n) is 8.66. The van der Waals surface area contributed by atoms with Crippen molar-refractivity contribution in [3.8, 4) is 0 Å². The lowest BCUT2D eigenvalue weighted by Crippen LogP contribution is -2.79. The topological polar surface area (TPSA) is 130 Å². The number of Topliss-reactive ketones (excluding diaryl/α,β-unsaturated/α-hetero) is 3. The Morgan fingerprint density at radius 1 is 0.811 bits per heavy atom. The van der Waals surface area contributed by atoms with Crippen molar-refractivity contribution >= 4 is 17.3 Å². The number of carbonyl (C=O) groups is 3. The second-order valence-corrected chi connectivity index (χ2v) is 8.66. The van der Waals surface area contributed by atoms with E-state index in [2.05, 4.69) is 0 Å². The van der Waals surface area contributed by atoms with Crippen LogP contribution in [0.15, 0.2) is 91.0 Å². The zero-order valence-corrected chi connectivity index (χ0v) is 19.7. The smallest absolute Gasteiger partial charge is 0.218 e. The van der Waals surface area contributed by atoms with Gasteiger partial charge in [0.05, 0.1) is 0 Å². The maximum absolute atomic E-state index is 16.3. The minimum absolute atomic E-state index is 0.108. The van der Waals surface area contributed by atoms with E-state index in [0.717, 1.165) is 7.11 Å². The van der Waals surface area contributed by atoms with Crippen LogP contribution in [0.25, 0.3) is 0 Å². The van der Waals surface area contributed by atoms with Gasteiger partial charge in [0.15, 0.2) is 24.3 Å². The van der Waals surface area contributed by atoms with E-state index < -0.39 is 53.2 Å². The van der Waals surface area contributed by atoms with Crippen LogP contribution in [0.3, 0.4) is 0 Å². The predicted octanol–water partition coefficient (Wildman–Crippen LogP) is 2.23. The molecule has 1 saturated heterocycles. The summed E-state index contributed by atoms with van der Waals surface area (Å²) in [6, 6.07) is 21.7. The summed E-state index contributed by atoms with van der Waals surface area (Å²) in [7, 11) is 0.995. The number of carbonyl (C=O) groups excluding carboxylic acids is 3. The normalized spacial score (nSPS) is 28.3. The van der Waals surface area contributed by atoms with Gasteiger partial charge in [0.1, 0.15) is 6.10 Å². The van der Waals surface area contributed by atoms with Gasteiger partial charge < -0.3 is 24.8 Å². The van der Waals surface area contributed by atoms with Gasteiger partial charge in [-0.05, 0) is 5.56 Å². The molecule has 9 heteroatoms. The van der Waals surface area contributed by atoms with Crippen molar-refractivity contribution in [3.05, 3.63) is 108 Å². The van der Waals surface area contributed by atoms with Gasteiger partial charge in [-0.15, -0.1) is 0 Å². The first kappa shape index (κ1) is 26.5. The Labute approximate surface area is 211 Å². The molecule has 0 bridgehead atoms. The number of aliphatic hydroxyl groups is 3. The first-order chi connectivity index (χ1) is 17.7. The minimum atomic E-state index is -3.54. The van der Waals surface area contributed by atoms with E-state index in [1.807, 2.05) is 0 Å². The molecule has 0 aliphatic carbocycles. The Morgan fingerprint density at radius 3 is 1.70 bits per heavy atom. The van der Waals surface area contributed by atoms with Crippen molar-refractivity contribution in [1.82, 2.24) is 0 Å². The molecule has 0 amide bonds. The second kappa shape index (κ2) is 10.4. The molecule has 0 radical (unpaired) electrons. The number of benzene rings is 3. The Balaban J connectivity index is 1.87. The maximum atomic E-state index is 16.3. The van der Waals surface area contributed by atoms with Crippen LogP contribution in [-0.2, 0) is 14.3 Å². The number of hydrogen-bond donors (Lipinski definition) is 3. The van der Waals surface area contributed by atoms with Crippen LogP contribution in [0.4, 0.5) is 4.39 Å². The van der Waals surface area contributed by atoms with Crippen LogP contribution in [0.1, 0.15) is 32.4 Å². The van der Waals surface area contributed by atoms with Gasteiger partial charge in [0, 0.05) is 18.2 Å². The van der Waals surface area contributed by atoms with E-state index in [9.17, 15) is 29.7 Å². The largest absolute Gasteiger partial charge is 0.380 e. The number of ketones is 3. The van der Waals surface area contributed by atoms with Crippen molar-refractivity contribution in [3.63, 3.8) is 0 Å². The monoisotopic (exact) mass is 508 g/mol.